The predicted octanol–water partition coefficient (Wildman–Crippen LogP) is 1.36. The second-order valence-electron chi connectivity index (χ2n) is 7.66. The lowest BCUT2D eigenvalue weighted by Crippen LogP contribution is -2.32. The van der Waals surface area contributed by atoms with Gasteiger partial charge in [-0.2, -0.15) is 5.10 Å². The van der Waals surface area contributed by atoms with E-state index in [0.29, 0.717) is 30.3 Å². The lowest BCUT2D eigenvalue weighted by atomic mass is 10.1. The highest BCUT2D eigenvalue weighted by Gasteiger charge is 2.31. The Balaban J connectivity index is 1.32. The zero-order valence-electron chi connectivity index (χ0n) is 16.4. The van der Waals surface area contributed by atoms with Crippen molar-refractivity contribution in [3.8, 4) is 5.75 Å². The number of ether oxygens (including phenoxy) is 2. The number of fused-ring (bicyclic) bond motifs is 1. The summed E-state index contributed by atoms with van der Waals surface area (Å²) in [6.45, 7) is 1.15. The predicted molar refractivity (Wildman–Crippen MR) is 107 cm³/mol. The van der Waals surface area contributed by atoms with Crippen LogP contribution in [0.2, 0.25) is 0 Å². The molecule has 4 heterocycles. The normalized spacial score (nSPS) is 17.2. The van der Waals surface area contributed by atoms with Crippen LogP contribution in [0.3, 0.4) is 0 Å². The second kappa shape index (κ2) is 7.86. The summed E-state index contributed by atoms with van der Waals surface area (Å²) in [5, 5.41) is 15.0. The van der Waals surface area contributed by atoms with E-state index in [0.717, 1.165) is 31.4 Å². The zero-order chi connectivity index (χ0) is 20.5. The van der Waals surface area contributed by atoms with E-state index in [1.807, 2.05) is 0 Å². The van der Waals surface area contributed by atoms with Crippen molar-refractivity contribution >= 4 is 17.2 Å². The number of pyridine rings is 1. The Hall–Kier alpha value is -3.27. The van der Waals surface area contributed by atoms with Crippen molar-refractivity contribution in [1.29, 1.82) is 0 Å². The molecule has 30 heavy (non-hydrogen) atoms. The van der Waals surface area contributed by atoms with E-state index in [1.165, 1.54) is 10.7 Å². The van der Waals surface area contributed by atoms with Crippen LogP contribution >= 0.6 is 0 Å². The molecule has 10 nitrogen and oxygen atoms in total. The first-order chi connectivity index (χ1) is 14.7. The molecular formula is C20H22N6O4. The van der Waals surface area contributed by atoms with Gasteiger partial charge in [0.2, 0.25) is 5.91 Å². The monoisotopic (exact) mass is 410 g/mol. The fourth-order valence-corrected chi connectivity index (χ4v) is 3.55. The molecule has 1 aliphatic heterocycles. The van der Waals surface area contributed by atoms with E-state index in [1.54, 1.807) is 29.1 Å². The quantitative estimate of drug-likeness (QED) is 0.653. The molecule has 2 fully saturated rings. The van der Waals surface area contributed by atoms with Gasteiger partial charge in [0, 0.05) is 31.0 Å². The molecule has 156 valence electrons. The number of aromatic nitrogens is 5. The van der Waals surface area contributed by atoms with Gasteiger partial charge < -0.3 is 14.8 Å². The van der Waals surface area contributed by atoms with Crippen molar-refractivity contribution in [2.45, 2.75) is 44.2 Å². The first-order valence-electron chi connectivity index (χ1n) is 10.1. The van der Waals surface area contributed by atoms with Gasteiger partial charge in [-0.1, -0.05) is 0 Å². The van der Waals surface area contributed by atoms with Crippen LogP contribution < -0.4 is 15.6 Å². The van der Waals surface area contributed by atoms with E-state index in [-0.39, 0.29) is 30.0 Å². The number of nitrogens with zero attached hydrogens (tertiary/aromatic N) is 5. The van der Waals surface area contributed by atoms with Gasteiger partial charge in [0.15, 0.2) is 5.65 Å². The molecule has 1 saturated heterocycles. The van der Waals surface area contributed by atoms with Crippen LogP contribution in [0.5, 0.6) is 5.75 Å². The molecule has 1 amide bonds. The van der Waals surface area contributed by atoms with Crippen LogP contribution in [0, 0.1) is 0 Å². The van der Waals surface area contributed by atoms with E-state index >= 15 is 0 Å². The second-order valence-corrected chi connectivity index (χ2v) is 7.66. The molecule has 1 N–H and O–H groups in total. The number of amides is 1. The van der Waals surface area contributed by atoms with E-state index < -0.39 is 0 Å². The molecular weight excluding hydrogens is 388 g/mol. The van der Waals surface area contributed by atoms with Gasteiger partial charge in [0.25, 0.3) is 5.56 Å². The Morgan fingerprint density at radius 3 is 2.87 bits per heavy atom. The number of carbonyl (C=O) groups is 1. The molecule has 0 atom stereocenters. The summed E-state index contributed by atoms with van der Waals surface area (Å²) >= 11 is 0. The topological polar surface area (TPSA) is 113 Å². The van der Waals surface area contributed by atoms with Gasteiger partial charge in [0.1, 0.15) is 30.4 Å². The summed E-state index contributed by atoms with van der Waals surface area (Å²) in [7, 11) is 0. The number of hydrogen-bond donors (Lipinski definition) is 1. The Morgan fingerprint density at radius 1 is 1.23 bits per heavy atom. The van der Waals surface area contributed by atoms with Crippen molar-refractivity contribution in [2.75, 3.05) is 18.5 Å². The average molecular weight is 410 g/mol. The zero-order valence-corrected chi connectivity index (χ0v) is 16.4. The first kappa shape index (κ1) is 18.7. The number of carbonyl (C=O) groups excluding carboxylic acids is 1. The van der Waals surface area contributed by atoms with Crippen LogP contribution in [0.25, 0.3) is 5.65 Å². The maximum absolute atomic E-state index is 12.6. The van der Waals surface area contributed by atoms with E-state index in [4.69, 9.17) is 9.47 Å². The molecule has 5 rings (SSSR count). The van der Waals surface area contributed by atoms with Crippen molar-refractivity contribution < 1.29 is 14.3 Å². The summed E-state index contributed by atoms with van der Waals surface area (Å²) in [6, 6.07) is 4.95. The molecule has 0 unspecified atom stereocenters. The van der Waals surface area contributed by atoms with Crippen LogP contribution in [-0.2, 0) is 16.1 Å². The highest BCUT2D eigenvalue weighted by molar-refractivity contribution is 5.90. The number of nitrogens with one attached hydrogen (secondary N) is 1. The average Bonchev–Trinajstić information content (AvgIpc) is 3.48. The summed E-state index contributed by atoms with van der Waals surface area (Å²) < 4.78 is 14.4. The SMILES string of the molecule is O=C(Cn1nc(C2CC2)c(OC2CCOCC2)cc1=O)Nc1ccc2nncn2c1. The number of rotatable bonds is 6. The van der Waals surface area contributed by atoms with Crippen molar-refractivity contribution in [2.24, 2.45) is 0 Å². The maximum atomic E-state index is 12.6. The van der Waals surface area contributed by atoms with Crippen LogP contribution in [0.15, 0.2) is 35.5 Å². The third kappa shape index (κ3) is 4.04. The minimum absolute atomic E-state index is 0.0316. The van der Waals surface area contributed by atoms with Crippen molar-refractivity contribution in [3.63, 3.8) is 0 Å². The summed E-state index contributed by atoms with van der Waals surface area (Å²) in [5.41, 5.74) is 1.67. The number of anilines is 1. The molecule has 1 saturated carbocycles. The standard InChI is InChI=1S/C20H22N6O4/c27-18(22-14-3-4-17-23-21-12-25(17)10-14)11-26-19(28)9-16(20(24-26)13-1-2-13)30-15-5-7-29-8-6-15/h3-4,9-10,12-13,15H,1-2,5-8,11H2,(H,22,27). The molecule has 1 aliphatic carbocycles. The summed E-state index contributed by atoms with van der Waals surface area (Å²) in [6.07, 6.45) is 6.92. The largest absolute Gasteiger partial charge is 0.488 e. The van der Waals surface area contributed by atoms with Crippen LogP contribution in [0.1, 0.15) is 37.3 Å². The third-order valence-corrected chi connectivity index (χ3v) is 5.28. The van der Waals surface area contributed by atoms with E-state index in [9.17, 15) is 9.59 Å². The van der Waals surface area contributed by atoms with Crippen molar-refractivity contribution in [1.82, 2.24) is 24.4 Å². The maximum Gasteiger partial charge on any atom is 0.270 e. The molecule has 0 spiro atoms. The Labute approximate surface area is 171 Å². The van der Waals surface area contributed by atoms with Gasteiger partial charge in [-0.05, 0) is 25.0 Å². The summed E-state index contributed by atoms with van der Waals surface area (Å²) in [4.78, 5) is 25.1. The third-order valence-electron chi connectivity index (χ3n) is 5.28. The lowest BCUT2D eigenvalue weighted by molar-refractivity contribution is -0.117. The van der Waals surface area contributed by atoms with Gasteiger partial charge in [-0.25, -0.2) is 4.68 Å². The Bertz CT molecular complexity index is 1130. The molecule has 0 radical (unpaired) electrons. The molecule has 3 aromatic heterocycles. The fourth-order valence-electron chi connectivity index (χ4n) is 3.55. The minimum Gasteiger partial charge on any atom is -0.488 e. The molecule has 0 bridgehead atoms. The first-order valence-corrected chi connectivity index (χ1v) is 10.1. The Kier molecular flexibility index (Phi) is 4.91. The van der Waals surface area contributed by atoms with Gasteiger partial charge in [0.05, 0.1) is 18.9 Å². The Morgan fingerprint density at radius 2 is 2.07 bits per heavy atom. The van der Waals surface area contributed by atoms with Crippen LogP contribution in [0.4, 0.5) is 5.69 Å². The van der Waals surface area contributed by atoms with Crippen molar-refractivity contribution in [3.05, 3.63) is 46.8 Å². The number of hydrogen-bond acceptors (Lipinski definition) is 7. The highest BCUT2D eigenvalue weighted by Crippen LogP contribution is 2.43. The minimum atomic E-state index is -0.356. The fraction of sp³-hybridized carbons (Fsp3) is 0.450. The molecule has 0 aromatic carbocycles. The lowest BCUT2D eigenvalue weighted by Gasteiger charge is -2.24. The molecule has 2 aliphatic rings. The molecule has 10 heteroatoms. The smallest absolute Gasteiger partial charge is 0.270 e. The highest BCUT2D eigenvalue weighted by atomic mass is 16.5. The van der Waals surface area contributed by atoms with Gasteiger partial charge in [-0.3, -0.25) is 14.0 Å². The van der Waals surface area contributed by atoms with Gasteiger partial charge >= 0.3 is 0 Å². The van der Waals surface area contributed by atoms with E-state index in [2.05, 4.69) is 20.6 Å². The summed E-state index contributed by atoms with van der Waals surface area (Å²) in [5.74, 6) is 0.492. The van der Waals surface area contributed by atoms with Gasteiger partial charge in [-0.15, -0.1) is 10.2 Å². The molecule has 3 aromatic rings. The van der Waals surface area contributed by atoms with Crippen LogP contribution in [-0.4, -0.2) is 49.6 Å².